The molecule has 3 aliphatic carbocycles. The highest BCUT2D eigenvalue weighted by Gasteiger charge is 2.39. The zero-order chi connectivity index (χ0) is 25.7. The Morgan fingerprint density at radius 3 is 2.57 bits per heavy atom. The minimum absolute atomic E-state index is 0.0356. The normalized spacial score (nSPS) is 23.5. The number of halogens is 2. The van der Waals surface area contributed by atoms with Crippen LogP contribution in [0.15, 0.2) is 22.5 Å². The fourth-order valence-electron chi connectivity index (χ4n) is 5.12. The number of thiazole rings is 1. The number of aromatic nitrogens is 3. The van der Waals surface area contributed by atoms with Crippen molar-refractivity contribution in [3.05, 3.63) is 54.9 Å². The van der Waals surface area contributed by atoms with Crippen molar-refractivity contribution in [3.63, 3.8) is 0 Å². The van der Waals surface area contributed by atoms with Crippen LogP contribution in [0, 0.1) is 0 Å². The molecule has 0 spiro atoms. The molecular weight excluding hydrogens is 537 g/mol. The first kappa shape index (κ1) is 25.0. The molecule has 6 rings (SSSR count). The molecule has 3 aliphatic rings. The Hall–Kier alpha value is -2.30. The molecule has 0 unspecified atom stereocenters. The lowest BCUT2D eigenvalue weighted by Gasteiger charge is -2.34. The Morgan fingerprint density at radius 1 is 1.16 bits per heavy atom. The smallest absolute Gasteiger partial charge is 0.331 e. The van der Waals surface area contributed by atoms with Gasteiger partial charge in [-0.05, 0) is 57.4 Å². The van der Waals surface area contributed by atoms with Crippen LogP contribution in [0.5, 0.6) is 0 Å². The van der Waals surface area contributed by atoms with Gasteiger partial charge in [0, 0.05) is 35.0 Å². The number of rotatable bonds is 7. The molecule has 0 atom stereocenters. The third-order valence-electron chi connectivity index (χ3n) is 7.42. The van der Waals surface area contributed by atoms with E-state index in [0.717, 1.165) is 34.7 Å². The van der Waals surface area contributed by atoms with Crippen LogP contribution in [0.4, 0.5) is 0 Å². The SMILES string of the molecule is O=C(O)C1=Cc2sc([C@]3(O)CC[C@@H](OCc4c(-c5c(Cl)cncc5Cl)noc4C4CC4)CC3)nc2CC1. The van der Waals surface area contributed by atoms with Crippen molar-refractivity contribution in [2.45, 2.75) is 75.6 Å². The summed E-state index contributed by atoms with van der Waals surface area (Å²) in [7, 11) is 0. The van der Waals surface area contributed by atoms with Crippen molar-refractivity contribution in [2.75, 3.05) is 0 Å². The number of pyridine rings is 1. The number of nitrogens with zero attached hydrogens (tertiary/aromatic N) is 3. The Morgan fingerprint density at radius 2 is 1.89 bits per heavy atom. The second kappa shape index (κ2) is 9.78. The fraction of sp³-hybridized carbons (Fsp3) is 0.462. The molecule has 0 saturated heterocycles. The van der Waals surface area contributed by atoms with Gasteiger partial charge >= 0.3 is 5.97 Å². The zero-order valence-corrected chi connectivity index (χ0v) is 22.2. The Labute approximate surface area is 227 Å². The zero-order valence-electron chi connectivity index (χ0n) is 19.9. The van der Waals surface area contributed by atoms with Gasteiger partial charge in [-0.3, -0.25) is 4.98 Å². The number of fused-ring (bicyclic) bond motifs is 1. The van der Waals surface area contributed by atoms with Gasteiger partial charge in [0.15, 0.2) is 0 Å². The van der Waals surface area contributed by atoms with E-state index in [9.17, 15) is 15.0 Å². The Balaban J connectivity index is 1.15. The van der Waals surface area contributed by atoms with Crippen LogP contribution in [0.25, 0.3) is 17.3 Å². The number of aliphatic carboxylic acids is 1. The molecule has 0 radical (unpaired) electrons. The van der Waals surface area contributed by atoms with E-state index in [4.69, 9.17) is 37.4 Å². The lowest BCUT2D eigenvalue weighted by molar-refractivity contribution is -0.132. The van der Waals surface area contributed by atoms with E-state index in [1.165, 1.54) is 23.7 Å². The van der Waals surface area contributed by atoms with Gasteiger partial charge in [-0.2, -0.15) is 0 Å². The summed E-state index contributed by atoms with van der Waals surface area (Å²) in [4.78, 5) is 20.9. The first-order chi connectivity index (χ1) is 17.8. The molecule has 8 nitrogen and oxygen atoms in total. The second-order valence-corrected chi connectivity index (χ2v) is 11.8. The number of hydrogen-bond acceptors (Lipinski definition) is 8. The molecule has 3 heterocycles. The number of carbonyl (C=O) groups is 1. The fourth-order valence-corrected chi connectivity index (χ4v) is 6.89. The number of ether oxygens (including phenoxy) is 1. The van der Waals surface area contributed by atoms with Crippen LogP contribution in [-0.2, 0) is 28.2 Å². The third-order valence-corrected chi connectivity index (χ3v) is 9.23. The van der Waals surface area contributed by atoms with E-state index in [-0.39, 0.29) is 6.10 Å². The molecule has 0 aromatic carbocycles. The summed E-state index contributed by atoms with van der Waals surface area (Å²) in [6, 6.07) is 0. The molecular formula is C26H25Cl2N3O5S. The summed E-state index contributed by atoms with van der Waals surface area (Å²) in [5.74, 6) is 0.266. The molecule has 0 bridgehead atoms. The predicted octanol–water partition coefficient (Wildman–Crippen LogP) is 6.14. The summed E-state index contributed by atoms with van der Waals surface area (Å²) in [5, 5.41) is 26.5. The van der Waals surface area contributed by atoms with E-state index in [1.807, 2.05) is 0 Å². The maximum atomic E-state index is 11.4. The summed E-state index contributed by atoms with van der Waals surface area (Å²) >= 11 is 14.2. The summed E-state index contributed by atoms with van der Waals surface area (Å²) < 4.78 is 12.1. The monoisotopic (exact) mass is 561 g/mol. The standard InChI is InChI=1S/C26H25Cl2N3O5S/c27-17-10-29-11-18(28)21(17)22-16(23(36-31-22)13-1-2-13)12-35-15-5-7-26(34,8-6-15)25-30-19-4-3-14(24(32)33)9-20(19)37-25/h9-11,13,15,34H,1-8,12H2,(H,32,33)/t15-,26+. The largest absolute Gasteiger partial charge is 0.478 e. The van der Waals surface area contributed by atoms with Gasteiger partial charge in [-0.15, -0.1) is 11.3 Å². The highest BCUT2D eigenvalue weighted by Crippen LogP contribution is 2.47. The van der Waals surface area contributed by atoms with Crippen LogP contribution >= 0.6 is 34.5 Å². The van der Waals surface area contributed by atoms with Crippen molar-refractivity contribution in [1.82, 2.24) is 15.1 Å². The van der Waals surface area contributed by atoms with Crippen LogP contribution in [0.1, 0.15) is 77.8 Å². The topological polar surface area (TPSA) is 119 Å². The molecule has 3 aromatic heterocycles. The number of carboxylic acid groups (broad SMARTS) is 1. The van der Waals surface area contributed by atoms with E-state index < -0.39 is 11.6 Å². The maximum absolute atomic E-state index is 11.4. The molecule has 2 fully saturated rings. The summed E-state index contributed by atoms with van der Waals surface area (Å²) in [6.45, 7) is 0.317. The van der Waals surface area contributed by atoms with Crippen molar-refractivity contribution >= 4 is 46.6 Å². The number of hydrogen-bond donors (Lipinski definition) is 2. The minimum atomic E-state index is -1.03. The molecule has 2 saturated carbocycles. The van der Waals surface area contributed by atoms with Gasteiger partial charge < -0.3 is 19.5 Å². The molecule has 37 heavy (non-hydrogen) atoms. The van der Waals surface area contributed by atoms with Crippen molar-refractivity contribution in [1.29, 1.82) is 0 Å². The molecule has 194 valence electrons. The van der Waals surface area contributed by atoms with Gasteiger partial charge in [-0.1, -0.05) is 28.4 Å². The predicted molar refractivity (Wildman–Crippen MR) is 139 cm³/mol. The first-order valence-electron chi connectivity index (χ1n) is 12.4. The van der Waals surface area contributed by atoms with Gasteiger partial charge in [0.1, 0.15) is 22.1 Å². The number of carboxylic acids is 1. The van der Waals surface area contributed by atoms with Crippen LogP contribution in [0.2, 0.25) is 10.0 Å². The highest BCUT2D eigenvalue weighted by molar-refractivity contribution is 7.12. The van der Waals surface area contributed by atoms with Gasteiger partial charge in [-0.25, -0.2) is 9.78 Å². The molecule has 0 amide bonds. The second-order valence-electron chi connectivity index (χ2n) is 9.97. The van der Waals surface area contributed by atoms with E-state index in [2.05, 4.69) is 10.1 Å². The highest BCUT2D eigenvalue weighted by atomic mass is 35.5. The van der Waals surface area contributed by atoms with Gasteiger partial charge in [0.05, 0.1) is 33.3 Å². The van der Waals surface area contributed by atoms with Crippen LogP contribution < -0.4 is 0 Å². The third kappa shape index (κ3) is 4.83. The Bertz CT molecular complexity index is 1370. The maximum Gasteiger partial charge on any atom is 0.331 e. The lowest BCUT2D eigenvalue weighted by Crippen LogP contribution is -2.34. The van der Waals surface area contributed by atoms with Crippen molar-refractivity contribution in [2.24, 2.45) is 0 Å². The molecule has 2 N–H and O–H groups in total. The molecule has 11 heteroatoms. The summed E-state index contributed by atoms with van der Waals surface area (Å²) in [6.07, 6.45) is 10.3. The van der Waals surface area contributed by atoms with E-state index in [1.54, 1.807) is 6.08 Å². The van der Waals surface area contributed by atoms with E-state index >= 15 is 0 Å². The van der Waals surface area contributed by atoms with Crippen molar-refractivity contribution in [3.8, 4) is 11.3 Å². The van der Waals surface area contributed by atoms with Gasteiger partial charge in [0.25, 0.3) is 0 Å². The lowest BCUT2D eigenvalue weighted by atomic mass is 9.83. The van der Waals surface area contributed by atoms with E-state index in [0.29, 0.717) is 82.9 Å². The average molecular weight is 562 g/mol. The molecule has 3 aromatic rings. The van der Waals surface area contributed by atoms with Crippen LogP contribution in [-0.4, -0.2) is 37.4 Å². The van der Waals surface area contributed by atoms with Crippen molar-refractivity contribution < 1.29 is 24.3 Å². The first-order valence-corrected chi connectivity index (χ1v) is 14.0. The molecule has 0 aliphatic heterocycles. The average Bonchev–Trinajstić information content (AvgIpc) is 3.49. The quantitative estimate of drug-likeness (QED) is 0.353. The number of aliphatic hydroxyl groups is 1. The summed E-state index contributed by atoms with van der Waals surface area (Å²) in [5.41, 5.74) is 2.29. The number of aryl methyl sites for hydroxylation is 1. The Kier molecular flexibility index (Phi) is 6.61. The van der Waals surface area contributed by atoms with Crippen LogP contribution in [0.3, 0.4) is 0 Å². The van der Waals surface area contributed by atoms with Gasteiger partial charge in [0.2, 0.25) is 0 Å². The minimum Gasteiger partial charge on any atom is -0.478 e.